The summed E-state index contributed by atoms with van der Waals surface area (Å²) in [4.78, 5) is 11.9. The van der Waals surface area contributed by atoms with Gasteiger partial charge in [0.05, 0.1) is 5.69 Å². The number of nitrogens with zero attached hydrogens (tertiary/aromatic N) is 3. The summed E-state index contributed by atoms with van der Waals surface area (Å²) in [6, 6.07) is 21.1. The van der Waals surface area contributed by atoms with Crippen LogP contribution in [0.3, 0.4) is 0 Å². The number of hydrogen-bond donors (Lipinski definition) is 1. The zero-order valence-electron chi connectivity index (χ0n) is 16.3. The summed E-state index contributed by atoms with van der Waals surface area (Å²) in [7, 11) is 1.72. The van der Waals surface area contributed by atoms with Gasteiger partial charge in [-0.05, 0) is 24.0 Å². The standard InChI is InChI=1S/C23H26N4O/c1-28-15-7-13-24-23-25-21(19-9-3-2-4-10-19)16-22(26-23)27-14-12-18-8-5-6-11-20(18)17-27/h2-6,8-11,16H,7,12-15,17H2,1H3,(H,24,25,26). The Hall–Kier alpha value is -2.92. The fraction of sp³-hybridized carbons (Fsp3) is 0.304. The maximum absolute atomic E-state index is 5.14. The Kier molecular flexibility index (Phi) is 5.83. The highest BCUT2D eigenvalue weighted by Gasteiger charge is 2.19. The Morgan fingerprint density at radius 2 is 1.79 bits per heavy atom. The van der Waals surface area contributed by atoms with Gasteiger partial charge in [-0.15, -0.1) is 0 Å². The van der Waals surface area contributed by atoms with Crippen LogP contribution in [0.4, 0.5) is 11.8 Å². The fourth-order valence-electron chi connectivity index (χ4n) is 3.54. The third-order valence-electron chi connectivity index (χ3n) is 5.05. The third-order valence-corrected chi connectivity index (χ3v) is 5.05. The lowest BCUT2D eigenvalue weighted by Crippen LogP contribution is -2.31. The van der Waals surface area contributed by atoms with E-state index in [1.54, 1.807) is 7.11 Å². The number of ether oxygens (including phenoxy) is 1. The molecule has 28 heavy (non-hydrogen) atoms. The third kappa shape index (κ3) is 4.31. The summed E-state index contributed by atoms with van der Waals surface area (Å²) in [5.41, 5.74) is 4.86. The van der Waals surface area contributed by atoms with Gasteiger partial charge in [-0.1, -0.05) is 54.6 Å². The van der Waals surface area contributed by atoms with Crippen LogP contribution in [0, 0.1) is 0 Å². The zero-order chi connectivity index (χ0) is 19.2. The molecule has 1 aromatic heterocycles. The largest absolute Gasteiger partial charge is 0.385 e. The normalized spacial score (nSPS) is 13.2. The molecule has 144 valence electrons. The first-order valence-electron chi connectivity index (χ1n) is 9.82. The predicted molar refractivity (Wildman–Crippen MR) is 114 cm³/mol. The molecule has 0 saturated carbocycles. The van der Waals surface area contributed by atoms with Crippen LogP contribution < -0.4 is 10.2 Å². The molecule has 0 saturated heterocycles. The van der Waals surface area contributed by atoms with E-state index in [9.17, 15) is 0 Å². The Morgan fingerprint density at radius 1 is 1.00 bits per heavy atom. The lowest BCUT2D eigenvalue weighted by Gasteiger charge is -2.30. The molecule has 0 unspecified atom stereocenters. The van der Waals surface area contributed by atoms with E-state index in [4.69, 9.17) is 14.7 Å². The van der Waals surface area contributed by atoms with Crippen LogP contribution >= 0.6 is 0 Å². The molecule has 0 fully saturated rings. The van der Waals surface area contributed by atoms with Gasteiger partial charge in [0.1, 0.15) is 5.82 Å². The number of rotatable bonds is 7. The average Bonchev–Trinajstić information content (AvgIpc) is 2.77. The summed E-state index contributed by atoms with van der Waals surface area (Å²) >= 11 is 0. The first-order chi connectivity index (χ1) is 13.8. The van der Waals surface area contributed by atoms with E-state index in [2.05, 4.69) is 52.7 Å². The molecule has 0 radical (unpaired) electrons. The maximum Gasteiger partial charge on any atom is 0.225 e. The minimum atomic E-state index is 0.673. The van der Waals surface area contributed by atoms with E-state index < -0.39 is 0 Å². The van der Waals surface area contributed by atoms with E-state index in [1.165, 1.54) is 11.1 Å². The van der Waals surface area contributed by atoms with Crippen LogP contribution in [0.15, 0.2) is 60.7 Å². The monoisotopic (exact) mass is 374 g/mol. The van der Waals surface area contributed by atoms with E-state index in [0.717, 1.165) is 56.2 Å². The van der Waals surface area contributed by atoms with Gasteiger partial charge in [0, 0.05) is 45.0 Å². The van der Waals surface area contributed by atoms with Crippen molar-refractivity contribution < 1.29 is 4.74 Å². The second-order valence-corrected chi connectivity index (χ2v) is 7.01. The number of anilines is 2. The lowest BCUT2D eigenvalue weighted by molar-refractivity contribution is 0.197. The number of aromatic nitrogens is 2. The van der Waals surface area contributed by atoms with E-state index in [1.807, 2.05) is 18.2 Å². The highest BCUT2D eigenvalue weighted by Crippen LogP contribution is 2.27. The van der Waals surface area contributed by atoms with Gasteiger partial charge in [0.15, 0.2) is 0 Å². The molecule has 1 aliphatic rings. The van der Waals surface area contributed by atoms with Crippen molar-refractivity contribution in [3.8, 4) is 11.3 Å². The molecular formula is C23H26N4O. The molecule has 4 rings (SSSR count). The maximum atomic E-state index is 5.14. The van der Waals surface area contributed by atoms with Crippen molar-refractivity contribution in [1.29, 1.82) is 0 Å². The van der Waals surface area contributed by atoms with Gasteiger partial charge in [0.25, 0.3) is 0 Å². The summed E-state index contributed by atoms with van der Waals surface area (Å²) in [6.45, 7) is 3.35. The van der Waals surface area contributed by atoms with Gasteiger partial charge in [-0.2, -0.15) is 4.98 Å². The molecule has 1 aliphatic heterocycles. The first-order valence-corrected chi connectivity index (χ1v) is 9.82. The first kappa shape index (κ1) is 18.4. The molecule has 0 bridgehead atoms. The summed E-state index contributed by atoms with van der Waals surface area (Å²) < 4.78 is 5.14. The molecule has 0 atom stereocenters. The highest BCUT2D eigenvalue weighted by atomic mass is 16.5. The Labute approximate surface area is 166 Å². The smallest absolute Gasteiger partial charge is 0.225 e. The topological polar surface area (TPSA) is 50.3 Å². The minimum Gasteiger partial charge on any atom is -0.385 e. The Morgan fingerprint density at radius 3 is 2.61 bits per heavy atom. The second-order valence-electron chi connectivity index (χ2n) is 7.01. The van der Waals surface area contributed by atoms with Crippen molar-refractivity contribution in [1.82, 2.24) is 9.97 Å². The van der Waals surface area contributed by atoms with Crippen LogP contribution in [-0.2, 0) is 17.7 Å². The quantitative estimate of drug-likeness (QED) is 0.630. The van der Waals surface area contributed by atoms with Crippen molar-refractivity contribution in [2.45, 2.75) is 19.4 Å². The van der Waals surface area contributed by atoms with E-state index >= 15 is 0 Å². The number of hydrogen-bond acceptors (Lipinski definition) is 5. The summed E-state index contributed by atoms with van der Waals surface area (Å²) in [6.07, 6.45) is 1.96. The van der Waals surface area contributed by atoms with Gasteiger partial charge in [-0.3, -0.25) is 0 Å². The van der Waals surface area contributed by atoms with Gasteiger partial charge in [0.2, 0.25) is 5.95 Å². The van der Waals surface area contributed by atoms with Crippen molar-refractivity contribution in [2.75, 3.05) is 37.0 Å². The minimum absolute atomic E-state index is 0.673. The van der Waals surface area contributed by atoms with Crippen molar-refractivity contribution in [3.05, 3.63) is 71.8 Å². The predicted octanol–water partition coefficient (Wildman–Crippen LogP) is 4.15. The van der Waals surface area contributed by atoms with Gasteiger partial charge in [-0.25, -0.2) is 4.98 Å². The van der Waals surface area contributed by atoms with Crippen LogP contribution in [-0.4, -0.2) is 36.8 Å². The molecule has 0 spiro atoms. The fourth-order valence-corrected chi connectivity index (χ4v) is 3.54. The van der Waals surface area contributed by atoms with Crippen LogP contribution in [0.1, 0.15) is 17.5 Å². The highest BCUT2D eigenvalue weighted by molar-refractivity contribution is 5.65. The number of nitrogens with one attached hydrogen (secondary N) is 1. The molecule has 5 heteroatoms. The van der Waals surface area contributed by atoms with Crippen molar-refractivity contribution >= 4 is 11.8 Å². The van der Waals surface area contributed by atoms with Crippen LogP contribution in [0.25, 0.3) is 11.3 Å². The average molecular weight is 374 g/mol. The molecule has 0 aliphatic carbocycles. The SMILES string of the molecule is COCCCNc1nc(-c2ccccc2)cc(N2CCc3ccccc3C2)n1. The molecule has 5 nitrogen and oxygen atoms in total. The molecule has 2 heterocycles. The van der Waals surface area contributed by atoms with Crippen LogP contribution in [0.2, 0.25) is 0 Å². The molecule has 3 aromatic rings. The molecule has 2 aromatic carbocycles. The lowest BCUT2D eigenvalue weighted by atomic mass is 10.00. The Balaban J connectivity index is 1.62. The van der Waals surface area contributed by atoms with E-state index in [-0.39, 0.29) is 0 Å². The van der Waals surface area contributed by atoms with Gasteiger partial charge >= 0.3 is 0 Å². The molecule has 0 amide bonds. The van der Waals surface area contributed by atoms with Crippen molar-refractivity contribution in [3.63, 3.8) is 0 Å². The summed E-state index contributed by atoms with van der Waals surface area (Å²) in [5, 5.41) is 3.36. The molecular weight excluding hydrogens is 348 g/mol. The number of fused-ring (bicyclic) bond motifs is 1. The van der Waals surface area contributed by atoms with E-state index in [0.29, 0.717) is 5.95 Å². The summed E-state index contributed by atoms with van der Waals surface area (Å²) in [5.74, 6) is 1.64. The number of methoxy groups -OCH3 is 1. The van der Waals surface area contributed by atoms with Gasteiger partial charge < -0.3 is 15.0 Å². The Bertz CT molecular complexity index is 913. The van der Waals surface area contributed by atoms with Crippen molar-refractivity contribution in [2.24, 2.45) is 0 Å². The molecule has 1 N–H and O–H groups in total. The second kappa shape index (κ2) is 8.85. The number of benzene rings is 2. The zero-order valence-corrected chi connectivity index (χ0v) is 16.3. The van der Waals surface area contributed by atoms with Crippen LogP contribution in [0.5, 0.6) is 0 Å².